The highest BCUT2D eigenvalue weighted by Crippen LogP contribution is 2.41. The number of carbonyl (C=O) groups is 2. The van der Waals surface area contributed by atoms with E-state index in [0.29, 0.717) is 30.1 Å². The van der Waals surface area contributed by atoms with Crippen LogP contribution in [0.3, 0.4) is 0 Å². The zero-order valence-electron chi connectivity index (χ0n) is 19.6. The number of nitrogens with one attached hydrogen (secondary N) is 2. The molecule has 0 saturated carbocycles. The maximum absolute atomic E-state index is 11.5. The standard InChI is InChI=1S/C20H26N2O4S.C4H4O4/c1-20(2)19(23)18(21-12-11-14-7-5-4-6-8-14)16-10-9-15(13-17(16)26-20)22-27(3,24)25;5-3(6)1-2-4(7)8/h4-10,13,18-19,21-23H,11-12H2,1-3H3;1-2H,(H,5,6)(H,7,8)/b;2-1-/t18-,19+;/m0./s1. The van der Waals surface area contributed by atoms with Gasteiger partial charge in [-0.3, -0.25) is 4.72 Å². The van der Waals surface area contributed by atoms with E-state index in [1.165, 1.54) is 5.56 Å². The molecule has 3 rings (SSSR count). The number of benzene rings is 2. The first kappa shape index (κ1) is 27.8. The maximum atomic E-state index is 11.5. The molecule has 35 heavy (non-hydrogen) atoms. The van der Waals surface area contributed by atoms with E-state index >= 15 is 0 Å². The van der Waals surface area contributed by atoms with E-state index in [-0.39, 0.29) is 6.04 Å². The Morgan fingerprint density at radius 3 is 2.20 bits per heavy atom. The fourth-order valence-electron chi connectivity index (χ4n) is 3.45. The van der Waals surface area contributed by atoms with Crippen molar-refractivity contribution in [2.24, 2.45) is 0 Å². The average Bonchev–Trinajstić information content (AvgIpc) is 2.75. The molecule has 0 fully saturated rings. The number of sulfonamides is 1. The summed E-state index contributed by atoms with van der Waals surface area (Å²) < 4.78 is 31.4. The minimum Gasteiger partial charge on any atom is -0.485 e. The van der Waals surface area contributed by atoms with Crippen LogP contribution in [0.25, 0.3) is 0 Å². The van der Waals surface area contributed by atoms with Crippen LogP contribution < -0.4 is 14.8 Å². The third-order valence-corrected chi connectivity index (χ3v) is 5.65. The Labute approximate surface area is 204 Å². The zero-order valence-corrected chi connectivity index (χ0v) is 20.5. The number of rotatable bonds is 8. The summed E-state index contributed by atoms with van der Waals surface area (Å²) in [7, 11) is -3.37. The van der Waals surface area contributed by atoms with Gasteiger partial charge in [0, 0.05) is 23.8 Å². The highest BCUT2D eigenvalue weighted by molar-refractivity contribution is 7.92. The number of carboxylic acid groups (broad SMARTS) is 2. The molecule has 190 valence electrons. The summed E-state index contributed by atoms with van der Waals surface area (Å²) >= 11 is 0. The Morgan fingerprint density at radius 2 is 1.66 bits per heavy atom. The molecule has 0 spiro atoms. The van der Waals surface area contributed by atoms with Crippen LogP contribution in [-0.2, 0) is 26.0 Å². The molecule has 2 aromatic carbocycles. The fourth-order valence-corrected chi connectivity index (χ4v) is 4.01. The molecule has 0 aliphatic carbocycles. The van der Waals surface area contributed by atoms with Gasteiger partial charge in [-0.05, 0) is 38.4 Å². The minimum atomic E-state index is -3.37. The van der Waals surface area contributed by atoms with Crippen LogP contribution in [0.2, 0.25) is 0 Å². The Bertz CT molecular complexity index is 1150. The molecule has 0 radical (unpaired) electrons. The van der Waals surface area contributed by atoms with E-state index in [4.69, 9.17) is 14.9 Å². The lowest BCUT2D eigenvalue weighted by Crippen LogP contribution is -2.52. The topological polar surface area (TPSA) is 162 Å². The minimum absolute atomic E-state index is 0.306. The van der Waals surface area contributed by atoms with Crippen molar-refractivity contribution in [3.05, 3.63) is 71.8 Å². The van der Waals surface area contributed by atoms with Crippen LogP contribution in [0.1, 0.15) is 31.0 Å². The average molecular weight is 507 g/mol. The van der Waals surface area contributed by atoms with Crippen LogP contribution in [0.4, 0.5) is 5.69 Å². The Morgan fingerprint density at radius 1 is 1.06 bits per heavy atom. The van der Waals surface area contributed by atoms with Gasteiger partial charge in [0.15, 0.2) is 0 Å². The normalized spacial score (nSPS) is 18.5. The van der Waals surface area contributed by atoms with Crippen molar-refractivity contribution >= 4 is 27.6 Å². The largest absolute Gasteiger partial charge is 0.485 e. The number of ether oxygens (including phenoxy) is 1. The van der Waals surface area contributed by atoms with E-state index < -0.39 is 33.7 Å². The monoisotopic (exact) mass is 506 g/mol. The lowest BCUT2D eigenvalue weighted by atomic mass is 9.86. The summed E-state index contributed by atoms with van der Waals surface area (Å²) in [5.41, 5.74) is 1.67. The molecule has 11 heteroatoms. The molecule has 2 atom stereocenters. The zero-order chi connectivity index (χ0) is 26.2. The molecule has 0 saturated heterocycles. The number of aliphatic carboxylic acids is 2. The molecule has 0 bridgehead atoms. The third kappa shape index (κ3) is 9.04. The van der Waals surface area contributed by atoms with Gasteiger partial charge >= 0.3 is 11.9 Å². The number of anilines is 1. The number of aliphatic hydroxyl groups is 1. The van der Waals surface area contributed by atoms with Crippen molar-refractivity contribution in [2.75, 3.05) is 17.5 Å². The number of carboxylic acids is 2. The van der Waals surface area contributed by atoms with Gasteiger partial charge in [0.1, 0.15) is 17.5 Å². The highest BCUT2D eigenvalue weighted by atomic mass is 32.2. The van der Waals surface area contributed by atoms with Crippen molar-refractivity contribution in [2.45, 2.75) is 38.0 Å². The van der Waals surface area contributed by atoms with Gasteiger partial charge in [0.25, 0.3) is 0 Å². The van der Waals surface area contributed by atoms with Crippen LogP contribution in [0, 0.1) is 0 Å². The highest BCUT2D eigenvalue weighted by Gasteiger charge is 2.42. The summed E-state index contributed by atoms with van der Waals surface area (Å²) in [6.07, 6.45) is 2.32. The first-order valence-electron chi connectivity index (χ1n) is 10.7. The molecule has 1 aliphatic heterocycles. The lowest BCUT2D eigenvalue weighted by molar-refractivity contribution is -0.134. The van der Waals surface area contributed by atoms with E-state index in [9.17, 15) is 23.1 Å². The van der Waals surface area contributed by atoms with Gasteiger partial charge in [-0.25, -0.2) is 18.0 Å². The Balaban J connectivity index is 0.000000466. The third-order valence-electron chi connectivity index (χ3n) is 5.04. The number of fused-ring (bicyclic) bond motifs is 1. The maximum Gasteiger partial charge on any atom is 0.328 e. The Kier molecular flexibility index (Phi) is 9.40. The summed E-state index contributed by atoms with van der Waals surface area (Å²) in [5, 5.41) is 29.9. The molecule has 5 N–H and O–H groups in total. The predicted molar refractivity (Wildman–Crippen MR) is 131 cm³/mol. The molecule has 1 aliphatic rings. The van der Waals surface area contributed by atoms with Crippen molar-refractivity contribution in [3.8, 4) is 5.75 Å². The first-order valence-corrected chi connectivity index (χ1v) is 12.6. The van der Waals surface area contributed by atoms with Crippen molar-refractivity contribution in [1.29, 1.82) is 0 Å². The number of hydrogen-bond donors (Lipinski definition) is 5. The number of hydrogen-bond acceptors (Lipinski definition) is 7. The van der Waals surface area contributed by atoms with E-state index in [2.05, 4.69) is 22.2 Å². The van der Waals surface area contributed by atoms with Crippen LogP contribution in [-0.4, -0.2) is 60.2 Å². The molecule has 0 unspecified atom stereocenters. The molecule has 2 aromatic rings. The quantitative estimate of drug-likeness (QED) is 0.338. The lowest BCUT2D eigenvalue weighted by Gasteiger charge is -2.42. The SMILES string of the molecule is CC1(C)Oc2cc(NS(C)(=O)=O)ccc2[C@H](NCCc2ccccc2)[C@H]1O.O=C(O)/C=C\C(=O)O. The van der Waals surface area contributed by atoms with Gasteiger partial charge in [0.05, 0.1) is 18.0 Å². The smallest absolute Gasteiger partial charge is 0.328 e. The molecular weight excluding hydrogens is 476 g/mol. The fraction of sp³-hybridized carbons (Fsp3) is 0.333. The van der Waals surface area contributed by atoms with E-state index in [1.54, 1.807) is 18.2 Å². The molecule has 0 aromatic heterocycles. The van der Waals surface area contributed by atoms with Gasteiger partial charge < -0.3 is 25.4 Å². The van der Waals surface area contributed by atoms with E-state index in [1.807, 2.05) is 32.0 Å². The van der Waals surface area contributed by atoms with Crippen molar-refractivity contribution in [3.63, 3.8) is 0 Å². The van der Waals surface area contributed by atoms with Crippen LogP contribution in [0.5, 0.6) is 5.75 Å². The first-order chi connectivity index (χ1) is 16.3. The van der Waals surface area contributed by atoms with Gasteiger partial charge in [-0.2, -0.15) is 0 Å². The summed E-state index contributed by atoms with van der Waals surface area (Å²) in [5.74, 6) is -1.95. The van der Waals surface area contributed by atoms with Crippen LogP contribution >= 0.6 is 0 Å². The summed E-state index contributed by atoms with van der Waals surface area (Å²) in [6, 6.07) is 15.0. The molecule has 0 amide bonds. The van der Waals surface area contributed by atoms with Crippen molar-refractivity contribution in [1.82, 2.24) is 5.32 Å². The molecule has 1 heterocycles. The predicted octanol–water partition coefficient (Wildman–Crippen LogP) is 2.18. The molecular formula is C24H30N2O8S. The second-order valence-electron chi connectivity index (χ2n) is 8.45. The summed E-state index contributed by atoms with van der Waals surface area (Å²) in [6.45, 7) is 4.34. The van der Waals surface area contributed by atoms with Gasteiger partial charge in [-0.15, -0.1) is 0 Å². The van der Waals surface area contributed by atoms with Gasteiger partial charge in [-0.1, -0.05) is 36.4 Å². The summed E-state index contributed by atoms with van der Waals surface area (Å²) in [4.78, 5) is 19.1. The molecule has 10 nitrogen and oxygen atoms in total. The number of aliphatic hydroxyl groups excluding tert-OH is 1. The second-order valence-corrected chi connectivity index (χ2v) is 10.2. The van der Waals surface area contributed by atoms with Crippen molar-refractivity contribution < 1.29 is 38.1 Å². The van der Waals surface area contributed by atoms with Gasteiger partial charge in [0.2, 0.25) is 10.0 Å². The Hall–Kier alpha value is -3.41. The van der Waals surface area contributed by atoms with Crippen LogP contribution in [0.15, 0.2) is 60.7 Å². The second kappa shape index (κ2) is 11.8. The van der Waals surface area contributed by atoms with E-state index in [0.717, 1.165) is 18.2 Å².